The van der Waals surface area contributed by atoms with Crippen molar-refractivity contribution in [1.82, 2.24) is 5.32 Å². The third-order valence-electron chi connectivity index (χ3n) is 1.80. The van der Waals surface area contributed by atoms with E-state index in [2.05, 4.69) is 33.1 Å². The van der Waals surface area contributed by atoms with Crippen LogP contribution >= 0.6 is 0 Å². The van der Waals surface area contributed by atoms with Gasteiger partial charge in [-0.1, -0.05) is 27.2 Å². The van der Waals surface area contributed by atoms with E-state index in [0.29, 0.717) is 0 Å². The van der Waals surface area contributed by atoms with Crippen molar-refractivity contribution in [3.8, 4) is 0 Å². The summed E-state index contributed by atoms with van der Waals surface area (Å²) in [6, 6.07) is 0.741. The van der Waals surface area contributed by atoms with Gasteiger partial charge in [0, 0.05) is 6.04 Å². The molecule has 0 amide bonds. The first-order valence-corrected chi connectivity index (χ1v) is 4.38. The Labute approximate surface area is 65.2 Å². The predicted molar refractivity (Wildman–Crippen MR) is 47.2 cm³/mol. The SMILES string of the molecule is CCCC(CC(C)C)NC. The molecule has 1 atom stereocenters. The molecule has 0 aliphatic rings. The van der Waals surface area contributed by atoms with E-state index in [1.54, 1.807) is 0 Å². The first kappa shape index (κ1) is 9.96. The van der Waals surface area contributed by atoms with Crippen LogP contribution in [0.4, 0.5) is 0 Å². The molecule has 0 aliphatic heterocycles. The maximum absolute atomic E-state index is 3.33. The van der Waals surface area contributed by atoms with Gasteiger partial charge in [-0.25, -0.2) is 0 Å². The lowest BCUT2D eigenvalue weighted by molar-refractivity contribution is 0.418. The highest BCUT2D eigenvalue weighted by Crippen LogP contribution is 2.08. The molecule has 0 aromatic carbocycles. The Balaban J connectivity index is 3.39. The Morgan fingerprint density at radius 1 is 1.30 bits per heavy atom. The molecule has 1 heteroatoms. The van der Waals surface area contributed by atoms with E-state index in [1.807, 2.05) is 0 Å². The van der Waals surface area contributed by atoms with E-state index in [9.17, 15) is 0 Å². The summed E-state index contributed by atoms with van der Waals surface area (Å²) in [5, 5.41) is 3.33. The standard InChI is InChI=1S/C9H21N/c1-5-6-9(10-4)7-8(2)3/h8-10H,5-7H2,1-4H3. The van der Waals surface area contributed by atoms with Crippen LogP contribution in [0.5, 0.6) is 0 Å². The average molecular weight is 143 g/mol. The van der Waals surface area contributed by atoms with Crippen LogP contribution in [0.1, 0.15) is 40.0 Å². The molecule has 0 heterocycles. The molecule has 0 rings (SSSR count). The van der Waals surface area contributed by atoms with Gasteiger partial charge in [-0.3, -0.25) is 0 Å². The zero-order chi connectivity index (χ0) is 7.98. The first-order chi connectivity index (χ1) is 4.70. The number of hydrogen-bond donors (Lipinski definition) is 1. The van der Waals surface area contributed by atoms with Crippen LogP contribution in [0.15, 0.2) is 0 Å². The molecule has 0 saturated carbocycles. The van der Waals surface area contributed by atoms with Crippen molar-refractivity contribution >= 4 is 0 Å². The Bertz CT molecular complexity index is 69.1. The third-order valence-corrected chi connectivity index (χ3v) is 1.80. The van der Waals surface area contributed by atoms with E-state index in [-0.39, 0.29) is 0 Å². The van der Waals surface area contributed by atoms with Gasteiger partial charge in [0.15, 0.2) is 0 Å². The van der Waals surface area contributed by atoms with Crippen molar-refractivity contribution in [1.29, 1.82) is 0 Å². The summed E-state index contributed by atoms with van der Waals surface area (Å²) in [5.41, 5.74) is 0. The minimum absolute atomic E-state index is 0.741. The van der Waals surface area contributed by atoms with E-state index in [0.717, 1.165) is 12.0 Å². The third kappa shape index (κ3) is 4.80. The molecular weight excluding hydrogens is 122 g/mol. The molecule has 0 aromatic heterocycles. The molecule has 10 heavy (non-hydrogen) atoms. The fourth-order valence-electron chi connectivity index (χ4n) is 1.30. The summed E-state index contributed by atoms with van der Waals surface area (Å²) in [6.07, 6.45) is 3.91. The second kappa shape index (κ2) is 5.72. The molecule has 62 valence electrons. The van der Waals surface area contributed by atoms with Gasteiger partial charge in [-0.15, -0.1) is 0 Å². The Kier molecular flexibility index (Phi) is 5.70. The van der Waals surface area contributed by atoms with Crippen molar-refractivity contribution in [2.24, 2.45) is 5.92 Å². The van der Waals surface area contributed by atoms with Crippen LogP contribution in [-0.2, 0) is 0 Å². The van der Waals surface area contributed by atoms with Gasteiger partial charge >= 0.3 is 0 Å². The summed E-state index contributed by atoms with van der Waals surface area (Å²) in [6.45, 7) is 6.80. The summed E-state index contributed by atoms with van der Waals surface area (Å²) in [7, 11) is 2.06. The van der Waals surface area contributed by atoms with Crippen LogP contribution in [0.25, 0.3) is 0 Å². The van der Waals surface area contributed by atoms with Crippen LogP contribution in [0.3, 0.4) is 0 Å². The van der Waals surface area contributed by atoms with Crippen molar-refractivity contribution in [3.05, 3.63) is 0 Å². The number of hydrogen-bond acceptors (Lipinski definition) is 1. The zero-order valence-electron chi connectivity index (χ0n) is 7.78. The molecule has 0 radical (unpaired) electrons. The van der Waals surface area contributed by atoms with Crippen molar-refractivity contribution < 1.29 is 0 Å². The van der Waals surface area contributed by atoms with E-state index < -0.39 is 0 Å². The minimum atomic E-state index is 0.741. The van der Waals surface area contributed by atoms with E-state index in [4.69, 9.17) is 0 Å². The van der Waals surface area contributed by atoms with Gasteiger partial charge in [0.2, 0.25) is 0 Å². The molecular formula is C9H21N. The van der Waals surface area contributed by atoms with Gasteiger partial charge in [0.05, 0.1) is 0 Å². The first-order valence-electron chi connectivity index (χ1n) is 4.38. The fraction of sp³-hybridized carbons (Fsp3) is 1.00. The largest absolute Gasteiger partial charge is 0.317 e. The van der Waals surface area contributed by atoms with Gasteiger partial charge < -0.3 is 5.32 Å². The average Bonchev–Trinajstić information content (AvgIpc) is 1.86. The molecule has 0 bridgehead atoms. The summed E-state index contributed by atoms with van der Waals surface area (Å²) in [5.74, 6) is 0.823. The van der Waals surface area contributed by atoms with E-state index in [1.165, 1.54) is 19.3 Å². The quantitative estimate of drug-likeness (QED) is 0.623. The van der Waals surface area contributed by atoms with Crippen molar-refractivity contribution in [3.63, 3.8) is 0 Å². The highest BCUT2D eigenvalue weighted by atomic mass is 14.9. The van der Waals surface area contributed by atoms with Crippen molar-refractivity contribution in [2.45, 2.75) is 46.1 Å². The summed E-state index contributed by atoms with van der Waals surface area (Å²) < 4.78 is 0. The molecule has 1 unspecified atom stereocenters. The Morgan fingerprint density at radius 2 is 1.90 bits per heavy atom. The Morgan fingerprint density at radius 3 is 2.20 bits per heavy atom. The van der Waals surface area contributed by atoms with Gasteiger partial charge in [-0.05, 0) is 25.8 Å². The van der Waals surface area contributed by atoms with Gasteiger partial charge in [-0.2, -0.15) is 0 Å². The molecule has 1 N–H and O–H groups in total. The monoisotopic (exact) mass is 143 g/mol. The maximum Gasteiger partial charge on any atom is 0.00663 e. The second-order valence-electron chi connectivity index (χ2n) is 3.40. The molecule has 0 saturated heterocycles. The lowest BCUT2D eigenvalue weighted by atomic mass is 10.0. The summed E-state index contributed by atoms with van der Waals surface area (Å²) >= 11 is 0. The van der Waals surface area contributed by atoms with Crippen LogP contribution in [-0.4, -0.2) is 13.1 Å². The molecule has 0 aliphatic carbocycles. The fourth-order valence-corrected chi connectivity index (χ4v) is 1.30. The predicted octanol–water partition coefficient (Wildman–Crippen LogP) is 2.42. The smallest absolute Gasteiger partial charge is 0.00663 e. The number of nitrogens with one attached hydrogen (secondary N) is 1. The van der Waals surface area contributed by atoms with Gasteiger partial charge in [0.1, 0.15) is 0 Å². The van der Waals surface area contributed by atoms with Crippen LogP contribution < -0.4 is 5.32 Å². The summed E-state index contributed by atoms with van der Waals surface area (Å²) in [4.78, 5) is 0. The highest BCUT2D eigenvalue weighted by molar-refractivity contribution is 4.64. The minimum Gasteiger partial charge on any atom is -0.317 e. The lowest BCUT2D eigenvalue weighted by Crippen LogP contribution is -2.26. The molecule has 0 fully saturated rings. The van der Waals surface area contributed by atoms with Gasteiger partial charge in [0.25, 0.3) is 0 Å². The number of rotatable bonds is 5. The second-order valence-corrected chi connectivity index (χ2v) is 3.40. The lowest BCUT2D eigenvalue weighted by Gasteiger charge is -2.16. The van der Waals surface area contributed by atoms with E-state index >= 15 is 0 Å². The van der Waals surface area contributed by atoms with Crippen LogP contribution in [0, 0.1) is 5.92 Å². The highest BCUT2D eigenvalue weighted by Gasteiger charge is 2.05. The maximum atomic E-state index is 3.33. The zero-order valence-corrected chi connectivity index (χ0v) is 7.78. The van der Waals surface area contributed by atoms with Crippen molar-refractivity contribution in [2.75, 3.05) is 7.05 Å². The van der Waals surface area contributed by atoms with Crippen LogP contribution in [0.2, 0.25) is 0 Å². The normalized spacial score (nSPS) is 14.1. The Hall–Kier alpha value is -0.0400. The molecule has 1 nitrogen and oxygen atoms in total. The topological polar surface area (TPSA) is 12.0 Å². The molecule has 0 spiro atoms. The molecule has 0 aromatic rings.